The summed E-state index contributed by atoms with van der Waals surface area (Å²) in [5, 5.41) is 3.76. The highest BCUT2D eigenvalue weighted by molar-refractivity contribution is 7.21. The average Bonchev–Trinajstić information content (AvgIpc) is 3.34. The van der Waals surface area contributed by atoms with Crippen molar-refractivity contribution in [3.05, 3.63) is 39.5 Å². The van der Waals surface area contributed by atoms with Crippen LogP contribution in [0.2, 0.25) is 0 Å². The number of rotatable bonds is 5. The van der Waals surface area contributed by atoms with Crippen LogP contribution in [0.3, 0.4) is 0 Å². The molecule has 4 heterocycles. The van der Waals surface area contributed by atoms with E-state index in [9.17, 15) is 4.79 Å². The van der Waals surface area contributed by atoms with Crippen LogP contribution in [0.4, 0.5) is 15.9 Å². The van der Waals surface area contributed by atoms with Crippen molar-refractivity contribution in [3.8, 4) is 0 Å². The van der Waals surface area contributed by atoms with Crippen molar-refractivity contribution >= 4 is 39.0 Å². The van der Waals surface area contributed by atoms with Gasteiger partial charge in [-0.25, -0.2) is 19.3 Å². The molecule has 11 heteroatoms. The molecule has 0 spiro atoms. The van der Waals surface area contributed by atoms with Crippen LogP contribution in [0.25, 0.3) is 10.2 Å². The van der Waals surface area contributed by atoms with Crippen LogP contribution in [-0.4, -0.2) is 59.7 Å². The Balaban J connectivity index is 1.31. The Morgan fingerprint density at radius 2 is 2.11 bits per heavy atom. The number of fused-ring (bicyclic) bond motifs is 2. The second-order valence-electron chi connectivity index (χ2n) is 9.47. The maximum Gasteiger partial charge on any atom is 0.263 e. The quantitative estimate of drug-likeness (QED) is 0.486. The van der Waals surface area contributed by atoms with E-state index in [2.05, 4.69) is 15.3 Å². The Morgan fingerprint density at radius 1 is 1.31 bits per heavy atom. The Labute approximate surface area is 207 Å². The van der Waals surface area contributed by atoms with Gasteiger partial charge in [0.25, 0.3) is 5.91 Å². The standard InChI is InChI=1S/C24H30FN7O2S/c1-11-20-21(27)22(35-24(20)29-12(2)28-11)23(33)30-14-4-5-18-15(6-14)16(25)7-19(31-18)32-8-13(10-34-3)17(26)9-32/h7,13-14,17H,4-6,8-10,26-27H2,1-3H3,(H,30,33). The number of amides is 1. The number of hydrogen-bond acceptors (Lipinski definition) is 9. The van der Waals surface area contributed by atoms with Gasteiger partial charge in [0.1, 0.15) is 27.2 Å². The fourth-order valence-electron chi connectivity index (χ4n) is 5.17. The molecule has 9 nitrogen and oxygen atoms in total. The topological polar surface area (TPSA) is 132 Å². The summed E-state index contributed by atoms with van der Waals surface area (Å²) in [7, 11) is 1.66. The van der Waals surface area contributed by atoms with E-state index in [0.717, 1.165) is 16.8 Å². The first-order chi connectivity index (χ1) is 16.7. The number of pyridine rings is 1. The minimum absolute atomic E-state index is 0.0320. The van der Waals surface area contributed by atoms with E-state index < -0.39 is 0 Å². The minimum Gasteiger partial charge on any atom is -0.397 e. The number of ether oxygens (including phenoxy) is 1. The molecular formula is C24H30FN7O2S. The predicted molar refractivity (Wildman–Crippen MR) is 134 cm³/mol. The number of aromatic nitrogens is 3. The number of nitrogens with two attached hydrogens (primary N) is 2. The van der Waals surface area contributed by atoms with Gasteiger partial charge in [-0.1, -0.05) is 0 Å². The van der Waals surface area contributed by atoms with Crippen LogP contribution in [0.1, 0.15) is 38.9 Å². The van der Waals surface area contributed by atoms with Gasteiger partial charge in [0.2, 0.25) is 0 Å². The normalized spacial score (nSPS) is 22.0. The monoisotopic (exact) mass is 499 g/mol. The lowest BCUT2D eigenvalue weighted by molar-refractivity contribution is 0.0938. The summed E-state index contributed by atoms with van der Waals surface area (Å²) in [4.78, 5) is 29.8. The van der Waals surface area contributed by atoms with Crippen LogP contribution in [-0.2, 0) is 17.6 Å². The molecule has 1 amide bonds. The van der Waals surface area contributed by atoms with Crippen molar-refractivity contribution in [1.29, 1.82) is 0 Å². The molecule has 3 unspecified atom stereocenters. The van der Waals surface area contributed by atoms with Gasteiger partial charge >= 0.3 is 0 Å². The summed E-state index contributed by atoms with van der Waals surface area (Å²) >= 11 is 1.26. The highest BCUT2D eigenvalue weighted by Crippen LogP contribution is 2.35. The molecule has 1 fully saturated rings. The molecule has 3 atom stereocenters. The zero-order valence-electron chi connectivity index (χ0n) is 20.1. The number of anilines is 2. The Morgan fingerprint density at radius 3 is 2.89 bits per heavy atom. The summed E-state index contributed by atoms with van der Waals surface area (Å²) in [6, 6.07) is 1.25. The van der Waals surface area contributed by atoms with E-state index in [-0.39, 0.29) is 29.7 Å². The SMILES string of the molecule is COCC1CN(c2cc(F)c3c(n2)CCC(NC(=O)c2sc4nc(C)nc(C)c4c2N)C3)CC1N. The van der Waals surface area contributed by atoms with Gasteiger partial charge in [0, 0.05) is 55.5 Å². The molecule has 35 heavy (non-hydrogen) atoms. The van der Waals surface area contributed by atoms with Crippen molar-refractivity contribution in [2.24, 2.45) is 11.7 Å². The van der Waals surface area contributed by atoms with E-state index in [1.54, 1.807) is 7.11 Å². The highest BCUT2D eigenvalue weighted by atomic mass is 32.1. The lowest BCUT2D eigenvalue weighted by atomic mass is 9.91. The number of nitrogens with zero attached hydrogens (tertiary/aromatic N) is 4. The third-order valence-electron chi connectivity index (χ3n) is 6.94. The van der Waals surface area contributed by atoms with Gasteiger partial charge in [-0.15, -0.1) is 11.3 Å². The van der Waals surface area contributed by atoms with Crippen LogP contribution in [0.15, 0.2) is 6.07 Å². The molecule has 5 N–H and O–H groups in total. The van der Waals surface area contributed by atoms with Gasteiger partial charge in [-0.05, 0) is 33.1 Å². The van der Waals surface area contributed by atoms with E-state index in [4.69, 9.17) is 21.2 Å². The summed E-state index contributed by atoms with van der Waals surface area (Å²) < 4.78 is 20.4. The summed E-state index contributed by atoms with van der Waals surface area (Å²) in [5.41, 5.74) is 15.0. The second-order valence-corrected chi connectivity index (χ2v) is 10.5. The van der Waals surface area contributed by atoms with Crippen molar-refractivity contribution in [1.82, 2.24) is 20.3 Å². The number of carbonyl (C=O) groups is 1. The molecule has 1 aliphatic carbocycles. The number of nitrogen functional groups attached to an aromatic ring is 1. The molecule has 0 aromatic carbocycles. The number of carbonyl (C=O) groups excluding carboxylic acids is 1. The van der Waals surface area contributed by atoms with Gasteiger partial charge < -0.3 is 26.4 Å². The molecule has 3 aromatic rings. The van der Waals surface area contributed by atoms with Crippen molar-refractivity contribution < 1.29 is 13.9 Å². The van der Waals surface area contributed by atoms with Gasteiger partial charge in [0.15, 0.2) is 0 Å². The summed E-state index contributed by atoms with van der Waals surface area (Å²) in [6.45, 7) is 5.56. The van der Waals surface area contributed by atoms with Crippen molar-refractivity contribution in [3.63, 3.8) is 0 Å². The van der Waals surface area contributed by atoms with Crippen molar-refractivity contribution in [2.45, 2.75) is 45.2 Å². The first-order valence-corrected chi connectivity index (χ1v) is 12.6. The summed E-state index contributed by atoms with van der Waals surface area (Å²) in [6.07, 6.45) is 1.63. The molecule has 186 valence electrons. The Bertz CT molecular complexity index is 1300. The molecule has 0 radical (unpaired) electrons. The zero-order chi connectivity index (χ0) is 24.9. The van der Waals surface area contributed by atoms with Gasteiger partial charge in [-0.3, -0.25) is 4.79 Å². The molecule has 0 saturated carbocycles. The first kappa shape index (κ1) is 23.8. The van der Waals surface area contributed by atoms with Crippen LogP contribution >= 0.6 is 11.3 Å². The third kappa shape index (κ3) is 4.43. The van der Waals surface area contributed by atoms with E-state index in [1.165, 1.54) is 17.4 Å². The molecule has 5 rings (SSSR count). The Kier molecular flexibility index (Phi) is 6.32. The fourth-order valence-corrected chi connectivity index (χ4v) is 6.26. The molecule has 1 aliphatic heterocycles. The summed E-state index contributed by atoms with van der Waals surface area (Å²) in [5.74, 6) is 0.884. The number of halogens is 1. The maximum absolute atomic E-state index is 15.2. The number of aryl methyl sites for hydroxylation is 3. The number of methoxy groups -OCH3 is 1. The third-order valence-corrected chi connectivity index (χ3v) is 8.04. The smallest absolute Gasteiger partial charge is 0.263 e. The molecule has 2 aliphatic rings. The molecular weight excluding hydrogens is 469 g/mol. The largest absolute Gasteiger partial charge is 0.397 e. The van der Waals surface area contributed by atoms with Gasteiger partial charge in [-0.2, -0.15) is 0 Å². The van der Waals surface area contributed by atoms with Crippen LogP contribution in [0, 0.1) is 25.6 Å². The van der Waals surface area contributed by atoms with E-state index in [0.29, 0.717) is 71.6 Å². The number of nitrogens with one attached hydrogen (secondary N) is 1. The predicted octanol–water partition coefficient (Wildman–Crippen LogP) is 2.12. The first-order valence-electron chi connectivity index (χ1n) is 11.8. The fraction of sp³-hybridized carbons (Fsp3) is 0.500. The lowest BCUT2D eigenvalue weighted by Crippen LogP contribution is -2.39. The number of thiophene rings is 1. The van der Waals surface area contributed by atoms with Crippen molar-refractivity contribution in [2.75, 3.05) is 37.4 Å². The van der Waals surface area contributed by atoms with Crippen LogP contribution in [0.5, 0.6) is 0 Å². The van der Waals surface area contributed by atoms with E-state index in [1.807, 2.05) is 18.7 Å². The lowest BCUT2D eigenvalue weighted by Gasteiger charge is -2.27. The molecule has 0 bridgehead atoms. The molecule has 1 saturated heterocycles. The maximum atomic E-state index is 15.2. The van der Waals surface area contributed by atoms with Gasteiger partial charge in [0.05, 0.1) is 23.4 Å². The second kappa shape index (κ2) is 9.29. The number of hydrogen-bond donors (Lipinski definition) is 3. The van der Waals surface area contributed by atoms with Crippen LogP contribution < -0.4 is 21.7 Å². The van der Waals surface area contributed by atoms with E-state index >= 15 is 4.39 Å². The average molecular weight is 500 g/mol. The molecule has 3 aromatic heterocycles. The minimum atomic E-state index is -0.296. The Hall–Kier alpha value is -2.89. The zero-order valence-corrected chi connectivity index (χ0v) is 20.9. The highest BCUT2D eigenvalue weighted by Gasteiger charge is 2.33.